The van der Waals surface area contributed by atoms with Gasteiger partial charge in [0.25, 0.3) is 5.91 Å². The number of rotatable bonds is 9. The van der Waals surface area contributed by atoms with Gasteiger partial charge >= 0.3 is 59.1 Å². The molecule has 1 N–H and O–H groups in total. The molecule has 3 aromatic rings. The topological polar surface area (TPSA) is 158 Å². The van der Waals surface area contributed by atoms with Crippen LogP contribution < -0.4 is 85.0 Å². The number of anilines is 1. The van der Waals surface area contributed by atoms with Gasteiger partial charge < -0.3 is 39.5 Å². The summed E-state index contributed by atoms with van der Waals surface area (Å²) < 4.78 is 17.7. The number of thiophene rings is 1. The Morgan fingerprint density at radius 1 is 1.06 bits per heavy atom. The van der Waals surface area contributed by atoms with Gasteiger partial charge in [0.1, 0.15) is 21.6 Å². The van der Waals surface area contributed by atoms with Gasteiger partial charge in [-0.15, -0.1) is 23.1 Å². The van der Waals surface area contributed by atoms with Crippen LogP contribution in [-0.4, -0.2) is 91.5 Å². The predicted octanol–water partition coefficient (Wildman–Crippen LogP) is -5.30. The van der Waals surface area contributed by atoms with Gasteiger partial charge in [-0.3, -0.25) is 19.3 Å². The quantitative estimate of drug-likeness (QED) is 0.125. The molecule has 3 fully saturated rings. The van der Waals surface area contributed by atoms with Crippen molar-refractivity contribution >= 4 is 91.7 Å². The van der Waals surface area contributed by atoms with Gasteiger partial charge in [0.05, 0.1) is 40.8 Å². The van der Waals surface area contributed by atoms with E-state index in [9.17, 15) is 34.2 Å². The Morgan fingerprint density at radius 2 is 1.78 bits per heavy atom. The molecule has 1 aliphatic carbocycles. The Labute approximate surface area is 353 Å². The SMILES string of the molecule is O=C(Cc1cccs1)N[C@@H]1C(=O)N2C(C(=O)[O-])=C(CSC(=S)N3CCN(c4cc5c(cc4F)c(=O)c(C(=O)[O-])cn5C4CC4)CC3)CS[C@H]12.[Na+].[Na+]. The zero-order valence-corrected chi connectivity index (χ0v) is 35.0. The second-order valence-corrected chi connectivity index (χ2v) is 15.8. The summed E-state index contributed by atoms with van der Waals surface area (Å²) in [7, 11) is 0. The van der Waals surface area contributed by atoms with E-state index in [4.69, 9.17) is 12.2 Å². The van der Waals surface area contributed by atoms with E-state index in [0.29, 0.717) is 53.0 Å². The number of benzene rings is 1. The zero-order valence-electron chi connectivity index (χ0n) is 27.7. The van der Waals surface area contributed by atoms with Crippen LogP contribution in [0.5, 0.6) is 0 Å². The number of aromatic nitrogens is 1. The molecule has 2 amide bonds. The molecule has 7 rings (SSSR count). The number of nitrogens with zero attached hydrogens (tertiary/aromatic N) is 4. The molecular weight excluding hydrogens is 760 g/mol. The van der Waals surface area contributed by atoms with E-state index in [0.717, 1.165) is 23.8 Å². The molecule has 0 unspecified atom stereocenters. The van der Waals surface area contributed by atoms with Crippen LogP contribution in [0.2, 0.25) is 0 Å². The number of aromatic carboxylic acids is 1. The maximum absolute atomic E-state index is 15.4. The van der Waals surface area contributed by atoms with Gasteiger partial charge in [-0.1, -0.05) is 30.0 Å². The Bertz CT molecular complexity index is 2000. The first-order chi connectivity index (χ1) is 23.5. The average Bonchev–Trinajstić information content (AvgIpc) is 3.80. The van der Waals surface area contributed by atoms with Gasteiger partial charge in [-0.05, 0) is 42.0 Å². The van der Waals surface area contributed by atoms with Crippen molar-refractivity contribution in [2.45, 2.75) is 36.7 Å². The minimum absolute atomic E-state index is 0. The third-order valence-corrected chi connectivity index (χ3v) is 12.8. The van der Waals surface area contributed by atoms with Crippen molar-refractivity contribution in [1.29, 1.82) is 0 Å². The van der Waals surface area contributed by atoms with Crippen LogP contribution in [0.25, 0.3) is 10.9 Å². The number of hydrogen-bond donors (Lipinski definition) is 1. The number of thiocarbonyl (C=S) groups is 1. The van der Waals surface area contributed by atoms with Crippen LogP contribution in [0.1, 0.15) is 34.1 Å². The summed E-state index contributed by atoms with van der Waals surface area (Å²) in [6.45, 7) is 1.76. The normalized spacial score (nSPS) is 19.9. The molecule has 0 bridgehead atoms. The average molecular weight is 788 g/mol. The van der Waals surface area contributed by atoms with E-state index >= 15 is 4.39 Å². The van der Waals surface area contributed by atoms with Crippen molar-refractivity contribution in [2.24, 2.45) is 0 Å². The molecule has 19 heteroatoms. The Kier molecular flexibility index (Phi) is 13.1. The van der Waals surface area contributed by atoms with Gasteiger partial charge in [0.15, 0.2) is 5.43 Å². The van der Waals surface area contributed by atoms with Crippen molar-refractivity contribution in [1.82, 2.24) is 19.7 Å². The van der Waals surface area contributed by atoms with E-state index in [1.54, 1.807) is 10.6 Å². The number of carboxylic acids is 2. The first kappa shape index (κ1) is 40.3. The fraction of sp³-hybridized carbons (Fsp3) is 0.375. The van der Waals surface area contributed by atoms with Gasteiger partial charge in [0.2, 0.25) is 5.91 Å². The minimum Gasteiger partial charge on any atom is -0.545 e. The number of β-lactam (4-membered cyclic amide) rings is 1. The first-order valence-corrected chi connectivity index (χ1v) is 18.8. The van der Waals surface area contributed by atoms with E-state index < -0.39 is 46.1 Å². The number of thioether (sulfide) groups is 2. The molecule has 3 aliphatic heterocycles. The number of piperazine rings is 1. The number of fused-ring (bicyclic) bond motifs is 2. The molecule has 5 heterocycles. The smallest absolute Gasteiger partial charge is 0.545 e. The Hall–Kier alpha value is -1.93. The molecule has 2 saturated heterocycles. The van der Waals surface area contributed by atoms with E-state index in [1.807, 2.05) is 27.3 Å². The van der Waals surface area contributed by atoms with Crippen LogP contribution in [0.4, 0.5) is 10.1 Å². The second-order valence-electron chi connectivity index (χ2n) is 12.1. The summed E-state index contributed by atoms with van der Waals surface area (Å²) in [6.07, 6.45) is 3.09. The standard InChI is InChI=1S/C32H30FN5O7S4.2Na/c33-21-11-19-22(37(17-3-4-17)13-20(27(19)40)30(42)43)12-23(21)35-5-7-36(8-6-35)32(46)49-15-16-14-48-29-25(28(41)38(29)26(16)31(44)45)34-24(39)10-18-2-1-9-47-18;;/h1-2,9,11-13,17,25,29H,3-8,10,14-15H2,(H,34,39)(H,42,43)(H,44,45);;/q;2*+1/p-2/t25-,29-;;/m1../s1. The van der Waals surface area contributed by atoms with Crippen molar-refractivity contribution in [2.75, 3.05) is 42.6 Å². The van der Waals surface area contributed by atoms with E-state index in [-0.39, 0.29) is 94.3 Å². The van der Waals surface area contributed by atoms with Crippen molar-refractivity contribution < 1.29 is 92.9 Å². The summed E-state index contributed by atoms with van der Waals surface area (Å²) in [5, 5.41) is 27.8. The molecule has 0 spiro atoms. The number of nitrogens with one attached hydrogen (secondary N) is 1. The van der Waals surface area contributed by atoms with Crippen LogP contribution in [0, 0.1) is 5.82 Å². The Morgan fingerprint density at radius 3 is 2.41 bits per heavy atom. The number of pyridine rings is 1. The third kappa shape index (κ3) is 8.12. The van der Waals surface area contributed by atoms with E-state index in [2.05, 4.69) is 5.32 Å². The van der Waals surface area contributed by atoms with Crippen molar-refractivity contribution in [3.8, 4) is 0 Å². The summed E-state index contributed by atoms with van der Waals surface area (Å²) in [6, 6.07) is 5.60. The predicted molar refractivity (Wildman–Crippen MR) is 185 cm³/mol. The third-order valence-electron chi connectivity index (χ3n) is 8.98. The van der Waals surface area contributed by atoms with E-state index in [1.165, 1.54) is 46.0 Å². The summed E-state index contributed by atoms with van der Waals surface area (Å²) in [5.41, 5.74) is -0.164. The molecule has 4 aliphatic rings. The maximum Gasteiger partial charge on any atom is 1.00 e. The number of amides is 2. The maximum atomic E-state index is 15.4. The van der Waals surface area contributed by atoms with Crippen LogP contribution in [0.3, 0.4) is 0 Å². The fourth-order valence-corrected chi connectivity index (χ4v) is 9.79. The molecule has 0 radical (unpaired) electrons. The second kappa shape index (κ2) is 16.6. The Balaban J connectivity index is 0.00000252. The first-order valence-electron chi connectivity index (χ1n) is 15.5. The summed E-state index contributed by atoms with van der Waals surface area (Å²) >= 11 is 9.77. The van der Waals surface area contributed by atoms with Crippen LogP contribution in [0.15, 0.2) is 51.9 Å². The molecule has 256 valence electrons. The van der Waals surface area contributed by atoms with Crippen LogP contribution >= 0.6 is 47.1 Å². The molecule has 2 aromatic heterocycles. The number of halogens is 1. The largest absolute Gasteiger partial charge is 1.00 e. The molecule has 51 heavy (non-hydrogen) atoms. The molecular formula is C32H28FN5Na2O7S4. The summed E-state index contributed by atoms with van der Waals surface area (Å²) in [4.78, 5) is 67.9. The monoisotopic (exact) mass is 787 g/mol. The summed E-state index contributed by atoms with van der Waals surface area (Å²) in [5.74, 6) is -3.93. The molecule has 1 saturated carbocycles. The van der Waals surface area contributed by atoms with Crippen molar-refractivity contribution in [3.05, 3.63) is 73.6 Å². The number of carbonyl (C=O) groups excluding carboxylic acids is 4. The van der Waals surface area contributed by atoms with Crippen LogP contribution in [-0.2, 0) is 20.8 Å². The number of carboxylic acid groups (broad SMARTS) is 2. The van der Waals surface area contributed by atoms with Gasteiger partial charge in [-0.25, -0.2) is 4.39 Å². The zero-order chi connectivity index (χ0) is 34.6. The number of aliphatic carboxylic acids is 1. The molecule has 12 nitrogen and oxygen atoms in total. The fourth-order valence-electron chi connectivity index (χ4n) is 6.35. The minimum atomic E-state index is -1.59. The molecule has 2 atom stereocenters. The van der Waals surface area contributed by atoms with Gasteiger partial charge in [0, 0.05) is 60.2 Å². The van der Waals surface area contributed by atoms with Gasteiger partial charge in [-0.2, -0.15) is 0 Å². The molecule has 1 aromatic carbocycles. The number of carbonyl (C=O) groups is 4. The number of hydrogen-bond acceptors (Lipinski definition) is 12. The van der Waals surface area contributed by atoms with Crippen molar-refractivity contribution in [3.63, 3.8) is 0 Å².